The van der Waals surface area contributed by atoms with Crippen LogP contribution < -0.4 is 5.73 Å². The highest BCUT2D eigenvalue weighted by Crippen LogP contribution is 2.16. The molecule has 1 aromatic rings. The van der Waals surface area contributed by atoms with E-state index in [0.29, 0.717) is 11.3 Å². The second-order valence-electron chi connectivity index (χ2n) is 2.41. The molecule has 0 radical (unpaired) electrons. The Bertz CT molecular complexity index is 323. The first-order valence-corrected chi connectivity index (χ1v) is 3.28. The Hall–Kier alpha value is -1.56. The SMILES string of the molecule is Cc1ncc(C#N)c(C)c1N. The molecule has 0 bridgehead atoms. The van der Waals surface area contributed by atoms with Crippen LogP contribution in [0.15, 0.2) is 6.20 Å². The Labute approximate surface area is 65.5 Å². The van der Waals surface area contributed by atoms with Crippen molar-refractivity contribution in [3.8, 4) is 6.07 Å². The molecule has 0 aliphatic rings. The van der Waals surface area contributed by atoms with Gasteiger partial charge in [0.05, 0.1) is 16.9 Å². The van der Waals surface area contributed by atoms with Crippen LogP contribution in [0.1, 0.15) is 16.8 Å². The number of hydrogen-bond donors (Lipinski definition) is 1. The molecule has 0 spiro atoms. The highest BCUT2D eigenvalue weighted by Gasteiger charge is 2.03. The lowest BCUT2D eigenvalue weighted by Crippen LogP contribution is -1.98. The zero-order valence-corrected chi connectivity index (χ0v) is 6.55. The number of nitrogens with two attached hydrogens (primary N) is 1. The fourth-order valence-corrected chi connectivity index (χ4v) is 0.857. The number of rotatable bonds is 0. The summed E-state index contributed by atoms with van der Waals surface area (Å²) in [6.07, 6.45) is 1.54. The zero-order valence-electron chi connectivity index (χ0n) is 6.55. The van der Waals surface area contributed by atoms with Gasteiger partial charge >= 0.3 is 0 Å². The van der Waals surface area contributed by atoms with Crippen LogP contribution in [0.2, 0.25) is 0 Å². The van der Waals surface area contributed by atoms with E-state index in [0.717, 1.165) is 11.3 Å². The highest BCUT2D eigenvalue weighted by atomic mass is 14.7. The molecule has 0 saturated carbocycles. The average Bonchev–Trinajstić information content (AvgIpc) is 2.01. The second-order valence-corrected chi connectivity index (χ2v) is 2.41. The molecule has 3 nitrogen and oxygen atoms in total. The first kappa shape index (κ1) is 7.55. The number of hydrogen-bond acceptors (Lipinski definition) is 3. The lowest BCUT2D eigenvalue weighted by molar-refractivity contribution is 1.17. The normalized spacial score (nSPS) is 9.18. The quantitative estimate of drug-likeness (QED) is 0.598. The van der Waals surface area contributed by atoms with Gasteiger partial charge in [0.15, 0.2) is 0 Å². The standard InChI is InChI=1S/C8H9N3/c1-5-7(3-9)4-11-6(2)8(5)10/h4H,10H2,1-2H3. The number of nitrogens with zero attached hydrogens (tertiary/aromatic N) is 2. The van der Waals surface area contributed by atoms with E-state index in [1.807, 2.05) is 19.9 Å². The second kappa shape index (κ2) is 2.59. The lowest BCUT2D eigenvalue weighted by Gasteiger charge is -2.03. The number of aromatic nitrogens is 1. The van der Waals surface area contributed by atoms with Crippen LogP contribution in [0.25, 0.3) is 0 Å². The molecule has 0 aromatic carbocycles. The minimum atomic E-state index is 0.549. The van der Waals surface area contributed by atoms with E-state index in [-0.39, 0.29) is 0 Å². The summed E-state index contributed by atoms with van der Waals surface area (Å²) in [6.45, 7) is 3.64. The topological polar surface area (TPSA) is 62.7 Å². The minimum absolute atomic E-state index is 0.549. The number of nitriles is 1. The van der Waals surface area contributed by atoms with Gasteiger partial charge in [0.1, 0.15) is 6.07 Å². The van der Waals surface area contributed by atoms with Crippen molar-refractivity contribution in [2.24, 2.45) is 0 Å². The van der Waals surface area contributed by atoms with Gasteiger partial charge in [-0.15, -0.1) is 0 Å². The maximum Gasteiger partial charge on any atom is 0.101 e. The summed E-state index contributed by atoms with van der Waals surface area (Å²) in [5.41, 5.74) is 8.41. The molecule has 56 valence electrons. The third-order valence-corrected chi connectivity index (χ3v) is 1.71. The number of aryl methyl sites for hydroxylation is 1. The molecular formula is C8H9N3. The first-order valence-electron chi connectivity index (χ1n) is 3.28. The molecule has 0 amide bonds. The Morgan fingerprint density at radius 1 is 1.55 bits per heavy atom. The van der Waals surface area contributed by atoms with Crippen LogP contribution in [0.5, 0.6) is 0 Å². The maximum absolute atomic E-state index is 8.59. The van der Waals surface area contributed by atoms with E-state index in [4.69, 9.17) is 11.0 Å². The molecule has 3 heteroatoms. The van der Waals surface area contributed by atoms with Crippen molar-refractivity contribution in [2.75, 3.05) is 5.73 Å². The van der Waals surface area contributed by atoms with Crippen LogP contribution >= 0.6 is 0 Å². The van der Waals surface area contributed by atoms with Crippen molar-refractivity contribution in [3.63, 3.8) is 0 Å². The fraction of sp³-hybridized carbons (Fsp3) is 0.250. The summed E-state index contributed by atoms with van der Waals surface area (Å²) in [5, 5.41) is 8.59. The van der Waals surface area contributed by atoms with Gasteiger partial charge in [-0.25, -0.2) is 0 Å². The minimum Gasteiger partial charge on any atom is -0.397 e. The summed E-state index contributed by atoms with van der Waals surface area (Å²) < 4.78 is 0. The van der Waals surface area contributed by atoms with Gasteiger partial charge in [-0.2, -0.15) is 5.26 Å². The van der Waals surface area contributed by atoms with Crippen molar-refractivity contribution in [2.45, 2.75) is 13.8 Å². The molecule has 0 aliphatic heterocycles. The van der Waals surface area contributed by atoms with Gasteiger partial charge in [0.25, 0.3) is 0 Å². The molecule has 0 unspecified atom stereocenters. The van der Waals surface area contributed by atoms with Gasteiger partial charge in [-0.3, -0.25) is 4.98 Å². The number of nitrogen functional groups attached to an aromatic ring is 1. The lowest BCUT2D eigenvalue weighted by atomic mass is 10.1. The van der Waals surface area contributed by atoms with E-state index < -0.39 is 0 Å². The highest BCUT2D eigenvalue weighted by molar-refractivity contribution is 5.55. The van der Waals surface area contributed by atoms with Crippen LogP contribution in [-0.2, 0) is 0 Å². The van der Waals surface area contributed by atoms with Gasteiger partial charge < -0.3 is 5.73 Å². The van der Waals surface area contributed by atoms with Gasteiger partial charge in [0.2, 0.25) is 0 Å². The van der Waals surface area contributed by atoms with E-state index in [2.05, 4.69) is 4.98 Å². The Kier molecular flexibility index (Phi) is 1.77. The third kappa shape index (κ3) is 1.15. The van der Waals surface area contributed by atoms with Gasteiger partial charge in [0, 0.05) is 6.20 Å². The van der Waals surface area contributed by atoms with Crippen LogP contribution in [0.3, 0.4) is 0 Å². The molecule has 0 fully saturated rings. The Balaban J connectivity index is 3.40. The van der Waals surface area contributed by atoms with E-state index in [1.165, 1.54) is 0 Å². The van der Waals surface area contributed by atoms with E-state index in [9.17, 15) is 0 Å². The van der Waals surface area contributed by atoms with Crippen molar-refractivity contribution in [1.29, 1.82) is 5.26 Å². The Morgan fingerprint density at radius 2 is 2.18 bits per heavy atom. The molecular weight excluding hydrogens is 138 g/mol. The van der Waals surface area contributed by atoms with E-state index >= 15 is 0 Å². The summed E-state index contributed by atoms with van der Waals surface area (Å²) in [7, 11) is 0. The molecule has 0 aliphatic carbocycles. The molecule has 1 rings (SSSR count). The number of anilines is 1. The van der Waals surface area contributed by atoms with Gasteiger partial charge in [-0.05, 0) is 19.4 Å². The smallest absolute Gasteiger partial charge is 0.101 e. The number of pyridine rings is 1. The van der Waals surface area contributed by atoms with Crippen molar-refractivity contribution < 1.29 is 0 Å². The van der Waals surface area contributed by atoms with Crippen molar-refractivity contribution in [3.05, 3.63) is 23.0 Å². The fourth-order valence-electron chi connectivity index (χ4n) is 0.857. The van der Waals surface area contributed by atoms with Crippen LogP contribution in [-0.4, -0.2) is 4.98 Å². The third-order valence-electron chi connectivity index (χ3n) is 1.71. The zero-order chi connectivity index (χ0) is 8.43. The van der Waals surface area contributed by atoms with Crippen molar-refractivity contribution >= 4 is 5.69 Å². The molecule has 0 atom stereocenters. The molecule has 1 heterocycles. The monoisotopic (exact) mass is 147 g/mol. The van der Waals surface area contributed by atoms with Crippen molar-refractivity contribution in [1.82, 2.24) is 4.98 Å². The predicted molar refractivity (Wildman–Crippen MR) is 42.8 cm³/mol. The maximum atomic E-state index is 8.59. The average molecular weight is 147 g/mol. The summed E-state index contributed by atoms with van der Waals surface area (Å²) in [5.74, 6) is 0. The van der Waals surface area contributed by atoms with Crippen LogP contribution in [0, 0.1) is 25.2 Å². The molecule has 11 heavy (non-hydrogen) atoms. The Morgan fingerprint density at radius 3 is 2.73 bits per heavy atom. The predicted octanol–water partition coefficient (Wildman–Crippen LogP) is 1.15. The molecule has 0 saturated heterocycles. The van der Waals surface area contributed by atoms with E-state index in [1.54, 1.807) is 6.20 Å². The summed E-state index contributed by atoms with van der Waals surface area (Å²) in [4.78, 5) is 3.96. The summed E-state index contributed by atoms with van der Waals surface area (Å²) in [6, 6.07) is 2.02. The molecule has 1 aromatic heterocycles. The first-order chi connectivity index (χ1) is 5.16. The summed E-state index contributed by atoms with van der Waals surface area (Å²) >= 11 is 0. The largest absolute Gasteiger partial charge is 0.397 e. The van der Waals surface area contributed by atoms with Gasteiger partial charge in [-0.1, -0.05) is 0 Å². The molecule has 2 N–H and O–H groups in total. The van der Waals surface area contributed by atoms with Crippen LogP contribution in [0.4, 0.5) is 5.69 Å².